The molecule has 0 aliphatic rings. The maximum Gasteiger partial charge on any atom is 0.416 e. The van der Waals surface area contributed by atoms with Crippen LogP contribution >= 0.6 is 0 Å². The maximum atomic E-state index is 13.2. The zero-order valence-electron chi connectivity index (χ0n) is 17.4. The van der Waals surface area contributed by atoms with Crippen molar-refractivity contribution in [3.05, 3.63) is 70.8 Å². The van der Waals surface area contributed by atoms with Gasteiger partial charge in [-0.15, -0.1) is 0 Å². The van der Waals surface area contributed by atoms with Gasteiger partial charge in [0.1, 0.15) is 7.11 Å². The number of hydroxylamine groups is 1. The Balaban J connectivity index is 2.71. The highest BCUT2D eigenvalue weighted by atomic mass is 19.4. The molecule has 31 heavy (non-hydrogen) atoms. The van der Waals surface area contributed by atoms with Crippen molar-refractivity contribution in [3.8, 4) is 0 Å². The van der Waals surface area contributed by atoms with Crippen molar-refractivity contribution in [3.63, 3.8) is 0 Å². The molecule has 2 aromatic rings. The fourth-order valence-corrected chi connectivity index (χ4v) is 2.91. The number of hydrogen-bond acceptors (Lipinski definition) is 6. The number of benzene rings is 2. The number of amidine groups is 1. The second-order valence-corrected chi connectivity index (χ2v) is 6.20. The molecule has 0 atom stereocenters. The monoisotopic (exact) mass is 436 g/mol. The number of halogens is 3. The van der Waals surface area contributed by atoms with Gasteiger partial charge in [0.25, 0.3) is 0 Å². The van der Waals surface area contributed by atoms with Gasteiger partial charge in [-0.2, -0.15) is 19.1 Å². The van der Waals surface area contributed by atoms with Crippen LogP contribution in [0.15, 0.2) is 58.7 Å². The second-order valence-electron chi connectivity index (χ2n) is 6.20. The number of rotatable bonds is 7. The molecule has 0 aromatic heterocycles. The standard InChI is InChI=1S/C21H23F3N4O3/c1-13(14-8-7-9-15(12-14)21(22,23)24)19(31-25)17-11-6-5-10-16(17)18(27-29-3)20(26-2)28-30-4/h5-12H,25H2,1-4H3,(H,26,28). The van der Waals surface area contributed by atoms with E-state index in [0.717, 1.165) is 12.1 Å². The van der Waals surface area contributed by atoms with Crippen molar-refractivity contribution >= 4 is 22.9 Å². The number of oxime groups is 1. The van der Waals surface area contributed by atoms with E-state index in [0.29, 0.717) is 22.3 Å². The highest BCUT2D eigenvalue weighted by Crippen LogP contribution is 2.33. The van der Waals surface area contributed by atoms with Crippen LogP contribution in [-0.2, 0) is 20.7 Å². The van der Waals surface area contributed by atoms with Gasteiger partial charge in [0.2, 0.25) is 0 Å². The van der Waals surface area contributed by atoms with E-state index in [1.54, 1.807) is 37.3 Å². The molecule has 0 fully saturated rings. The number of alkyl halides is 3. The topological polar surface area (TPSA) is 90.5 Å². The molecule has 0 aliphatic carbocycles. The van der Waals surface area contributed by atoms with Crippen molar-refractivity contribution in [1.29, 1.82) is 0 Å². The Kier molecular flexibility index (Phi) is 8.17. The maximum absolute atomic E-state index is 13.2. The summed E-state index contributed by atoms with van der Waals surface area (Å²) in [5.74, 6) is 5.97. The first kappa shape index (κ1) is 23.9. The number of aliphatic imine (C=N–C) groups is 1. The molecule has 3 N–H and O–H groups in total. The van der Waals surface area contributed by atoms with Crippen molar-refractivity contribution in [1.82, 2.24) is 5.48 Å². The van der Waals surface area contributed by atoms with Crippen LogP contribution in [0, 0.1) is 0 Å². The highest BCUT2D eigenvalue weighted by Gasteiger charge is 2.30. The van der Waals surface area contributed by atoms with Crippen LogP contribution in [0.4, 0.5) is 13.2 Å². The number of allylic oxidation sites excluding steroid dienone is 1. The number of nitrogens with zero attached hydrogens (tertiary/aromatic N) is 2. The molecule has 0 saturated carbocycles. The second kappa shape index (κ2) is 10.6. The molecule has 0 spiro atoms. The van der Waals surface area contributed by atoms with Gasteiger partial charge in [-0.25, -0.2) is 5.48 Å². The number of nitrogens with one attached hydrogen (secondary N) is 1. The smallest absolute Gasteiger partial charge is 0.411 e. The normalized spacial score (nSPS) is 13.5. The molecular formula is C21H23F3N4O3. The first-order valence-electron chi connectivity index (χ1n) is 9.00. The Morgan fingerprint density at radius 3 is 2.26 bits per heavy atom. The Morgan fingerprint density at radius 1 is 1.03 bits per heavy atom. The van der Waals surface area contributed by atoms with E-state index in [9.17, 15) is 13.2 Å². The first-order chi connectivity index (χ1) is 14.8. The van der Waals surface area contributed by atoms with E-state index < -0.39 is 11.7 Å². The predicted octanol–water partition coefficient (Wildman–Crippen LogP) is 4.01. The van der Waals surface area contributed by atoms with E-state index >= 15 is 0 Å². The molecule has 10 heteroatoms. The van der Waals surface area contributed by atoms with Gasteiger partial charge in [0.05, 0.1) is 12.7 Å². The molecule has 7 nitrogen and oxygen atoms in total. The zero-order valence-corrected chi connectivity index (χ0v) is 17.4. The zero-order chi connectivity index (χ0) is 23.0. The lowest BCUT2D eigenvalue weighted by molar-refractivity contribution is -0.137. The third-order valence-electron chi connectivity index (χ3n) is 4.34. The summed E-state index contributed by atoms with van der Waals surface area (Å²) in [5.41, 5.74) is 3.77. The molecule has 0 bridgehead atoms. The fourth-order valence-electron chi connectivity index (χ4n) is 2.91. The summed E-state index contributed by atoms with van der Waals surface area (Å²) in [7, 11) is 4.31. The summed E-state index contributed by atoms with van der Waals surface area (Å²) in [6, 6.07) is 11.8. The van der Waals surface area contributed by atoms with Gasteiger partial charge in [-0.1, -0.05) is 41.6 Å². The van der Waals surface area contributed by atoms with E-state index in [2.05, 4.69) is 15.6 Å². The van der Waals surface area contributed by atoms with Crippen molar-refractivity contribution in [2.75, 3.05) is 21.3 Å². The van der Waals surface area contributed by atoms with Crippen molar-refractivity contribution < 1.29 is 27.7 Å². The van der Waals surface area contributed by atoms with Gasteiger partial charge < -0.3 is 9.68 Å². The average Bonchev–Trinajstić information content (AvgIpc) is 2.76. The quantitative estimate of drug-likeness (QED) is 0.225. The lowest BCUT2D eigenvalue weighted by Crippen LogP contribution is -2.32. The first-order valence-corrected chi connectivity index (χ1v) is 9.00. The van der Waals surface area contributed by atoms with Crippen LogP contribution in [0.3, 0.4) is 0 Å². The summed E-state index contributed by atoms with van der Waals surface area (Å²) in [4.78, 5) is 19.1. The summed E-state index contributed by atoms with van der Waals surface area (Å²) in [6.07, 6.45) is -4.48. The lowest BCUT2D eigenvalue weighted by atomic mass is 9.95. The summed E-state index contributed by atoms with van der Waals surface area (Å²) in [6.45, 7) is 1.61. The van der Waals surface area contributed by atoms with Gasteiger partial charge in [-0.05, 0) is 24.6 Å². The Bertz CT molecular complexity index is 1000. The Labute approximate surface area is 177 Å². The molecule has 2 rings (SSSR count). The lowest BCUT2D eigenvalue weighted by Gasteiger charge is -2.17. The van der Waals surface area contributed by atoms with E-state index in [1.807, 2.05) is 0 Å². The highest BCUT2D eigenvalue weighted by molar-refractivity contribution is 6.47. The third kappa shape index (κ3) is 5.62. The molecule has 2 aromatic carbocycles. The molecule has 0 unspecified atom stereocenters. The fraction of sp³-hybridized carbons (Fsp3) is 0.238. The van der Waals surface area contributed by atoms with Crippen molar-refractivity contribution in [2.24, 2.45) is 16.0 Å². The van der Waals surface area contributed by atoms with Gasteiger partial charge in [-0.3, -0.25) is 9.83 Å². The van der Waals surface area contributed by atoms with Crippen LogP contribution in [0.2, 0.25) is 0 Å². The largest absolute Gasteiger partial charge is 0.416 e. The summed E-state index contributed by atoms with van der Waals surface area (Å²) >= 11 is 0. The van der Waals surface area contributed by atoms with E-state index in [4.69, 9.17) is 20.4 Å². The molecule has 166 valence electrons. The Morgan fingerprint density at radius 2 is 1.71 bits per heavy atom. The molecule has 0 saturated heterocycles. The average molecular weight is 436 g/mol. The molecule has 0 radical (unpaired) electrons. The molecule has 0 heterocycles. The minimum absolute atomic E-state index is 0.159. The summed E-state index contributed by atoms with van der Waals surface area (Å²) in [5, 5.41) is 4.02. The molecule has 0 aliphatic heterocycles. The number of nitrogens with two attached hydrogens (primary N) is 1. The van der Waals surface area contributed by atoms with E-state index in [-0.39, 0.29) is 17.3 Å². The van der Waals surface area contributed by atoms with Crippen molar-refractivity contribution in [2.45, 2.75) is 13.1 Å². The van der Waals surface area contributed by atoms with Gasteiger partial charge >= 0.3 is 6.18 Å². The van der Waals surface area contributed by atoms with E-state index in [1.165, 1.54) is 27.3 Å². The van der Waals surface area contributed by atoms with Crippen LogP contribution in [-0.4, -0.2) is 32.8 Å². The SMILES string of the molecule is CN=C(NOC)C(=NOC)c1ccccc1C(ON)=C(C)c1cccc(C(F)(F)F)c1. The van der Waals surface area contributed by atoms with Crippen LogP contribution in [0.1, 0.15) is 29.2 Å². The number of hydrogen-bond donors (Lipinski definition) is 2. The minimum Gasteiger partial charge on any atom is -0.411 e. The summed E-state index contributed by atoms with van der Waals surface area (Å²) < 4.78 is 39.5. The van der Waals surface area contributed by atoms with Gasteiger partial charge in [0, 0.05) is 23.7 Å². The third-order valence-corrected chi connectivity index (χ3v) is 4.34. The van der Waals surface area contributed by atoms with Gasteiger partial charge in [0.15, 0.2) is 17.3 Å². The minimum atomic E-state index is -4.48. The Hall–Kier alpha value is -3.37. The van der Waals surface area contributed by atoms with Crippen LogP contribution < -0.4 is 11.4 Å². The molecular weight excluding hydrogens is 413 g/mol. The predicted molar refractivity (Wildman–Crippen MR) is 113 cm³/mol. The molecule has 0 amide bonds. The van der Waals surface area contributed by atoms with Crippen LogP contribution in [0.5, 0.6) is 0 Å². The van der Waals surface area contributed by atoms with Crippen LogP contribution in [0.25, 0.3) is 11.3 Å².